The predicted molar refractivity (Wildman–Crippen MR) is 61.5 cm³/mol. The Kier molecular flexibility index (Phi) is 4.39. The van der Waals surface area contributed by atoms with Gasteiger partial charge in [0.2, 0.25) is 10.0 Å². The summed E-state index contributed by atoms with van der Waals surface area (Å²) in [4.78, 5) is -0.377. The van der Waals surface area contributed by atoms with Gasteiger partial charge >= 0.3 is 6.18 Å². The summed E-state index contributed by atoms with van der Waals surface area (Å²) < 4.78 is 63.1. The van der Waals surface area contributed by atoms with Crippen LogP contribution in [0.5, 0.6) is 0 Å². The summed E-state index contributed by atoms with van der Waals surface area (Å²) in [6, 6.07) is 3.68. The molecule has 1 aromatic carbocycles. The van der Waals surface area contributed by atoms with Crippen molar-refractivity contribution in [2.45, 2.75) is 24.9 Å². The Labute approximate surface area is 104 Å². The van der Waals surface area contributed by atoms with Crippen molar-refractivity contribution in [3.63, 3.8) is 0 Å². The van der Waals surface area contributed by atoms with Gasteiger partial charge in [-0.2, -0.15) is 13.2 Å². The van der Waals surface area contributed by atoms with Gasteiger partial charge in [-0.3, -0.25) is 0 Å². The fourth-order valence-electron chi connectivity index (χ4n) is 1.20. The molecule has 0 aliphatic rings. The molecule has 7 heteroatoms. The van der Waals surface area contributed by atoms with E-state index in [-0.39, 0.29) is 17.4 Å². The van der Waals surface area contributed by atoms with Crippen molar-refractivity contribution in [2.75, 3.05) is 6.54 Å². The number of hydrogen-bond acceptors (Lipinski definition) is 2. The predicted octanol–water partition coefficient (Wildman–Crippen LogP) is 2.64. The van der Waals surface area contributed by atoms with Crippen LogP contribution in [0, 0.1) is 5.92 Å². The minimum absolute atomic E-state index is 0.0746. The first-order chi connectivity index (χ1) is 8.13. The fraction of sp³-hybridized carbons (Fsp3) is 0.455. The highest BCUT2D eigenvalue weighted by atomic mass is 32.2. The molecule has 0 radical (unpaired) electrons. The van der Waals surface area contributed by atoms with Gasteiger partial charge in [0.05, 0.1) is 10.5 Å². The second-order valence-electron chi connectivity index (χ2n) is 4.27. The smallest absolute Gasteiger partial charge is 0.211 e. The summed E-state index contributed by atoms with van der Waals surface area (Å²) in [7, 11) is -3.89. The van der Waals surface area contributed by atoms with Crippen LogP contribution >= 0.6 is 0 Å². The SMILES string of the molecule is CC(C)CNS(=O)(=O)c1cccc(C(F)(F)F)c1. The lowest BCUT2D eigenvalue weighted by molar-refractivity contribution is -0.137. The van der Waals surface area contributed by atoms with Crippen molar-refractivity contribution in [2.24, 2.45) is 5.92 Å². The Hall–Kier alpha value is -1.08. The van der Waals surface area contributed by atoms with Crippen LogP contribution in [0.25, 0.3) is 0 Å². The van der Waals surface area contributed by atoms with Gasteiger partial charge in [-0.1, -0.05) is 19.9 Å². The molecule has 0 spiro atoms. The molecule has 1 N–H and O–H groups in total. The van der Waals surface area contributed by atoms with E-state index in [9.17, 15) is 21.6 Å². The quantitative estimate of drug-likeness (QED) is 0.922. The van der Waals surface area contributed by atoms with E-state index in [0.29, 0.717) is 6.07 Å². The molecule has 0 unspecified atom stereocenters. The first-order valence-corrected chi connectivity index (χ1v) is 6.78. The van der Waals surface area contributed by atoms with E-state index in [0.717, 1.165) is 18.2 Å². The summed E-state index contributed by atoms with van der Waals surface area (Å²) in [5.41, 5.74) is -0.977. The van der Waals surface area contributed by atoms with E-state index in [1.165, 1.54) is 0 Å². The van der Waals surface area contributed by atoms with Crippen molar-refractivity contribution in [3.05, 3.63) is 29.8 Å². The van der Waals surface area contributed by atoms with Crippen molar-refractivity contribution >= 4 is 10.0 Å². The lowest BCUT2D eigenvalue weighted by Crippen LogP contribution is -2.27. The van der Waals surface area contributed by atoms with Gasteiger partial charge in [0.25, 0.3) is 0 Å². The topological polar surface area (TPSA) is 46.2 Å². The second-order valence-corrected chi connectivity index (χ2v) is 6.04. The number of sulfonamides is 1. The Morgan fingerprint density at radius 3 is 2.39 bits per heavy atom. The molecule has 0 aliphatic carbocycles. The highest BCUT2D eigenvalue weighted by Crippen LogP contribution is 2.30. The summed E-state index contributed by atoms with van der Waals surface area (Å²) in [5.74, 6) is 0.0746. The minimum atomic E-state index is -4.55. The van der Waals surface area contributed by atoms with Gasteiger partial charge in [-0.15, -0.1) is 0 Å². The number of rotatable bonds is 4. The van der Waals surface area contributed by atoms with Crippen LogP contribution in [0.15, 0.2) is 29.2 Å². The number of halogens is 3. The molecule has 0 fully saturated rings. The van der Waals surface area contributed by atoms with Crippen molar-refractivity contribution < 1.29 is 21.6 Å². The molecular weight excluding hydrogens is 267 g/mol. The highest BCUT2D eigenvalue weighted by Gasteiger charge is 2.31. The van der Waals surface area contributed by atoms with Crippen molar-refractivity contribution in [1.82, 2.24) is 4.72 Å². The largest absolute Gasteiger partial charge is 0.416 e. The lowest BCUT2D eigenvalue weighted by atomic mass is 10.2. The maximum atomic E-state index is 12.5. The fourth-order valence-corrected chi connectivity index (χ4v) is 2.46. The van der Waals surface area contributed by atoms with Gasteiger partial charge in [0, 0.05) is 6.54 Å². The third kappa shape index (κ3) is 3.99. The Morgan fingerprint density at radius 2 is 1.89 bits per heavy atom. The monoisotopic (exact) mass is 281 g/mol. The average Bonchev–Trinajstić information content (AvgIpc) is 2.26. The van der Waals surface area contributed by atoms with E-state index < -0.39 is 21.8 Å². The third-order valence-corrected chi connectivity index (χ3v) is 3.57. The third-order valence-electron chi connectivity index (χ3n) is 2.15. The summed E-state index contributed by atoms with van der Waals surface area (Å²) in [6.07, 6.45) is -4.55. The number of nitrogens with one attached hydrogen (secondary N) is 1. The molecular formula is C11H14F3NO2S. The number of alkyl halides is 3. The van der Waals surface area contributed by atoms with E-state index >= 15 is 0 Å². The summed E-state index contributed by atoms with van der Waals surface area (Å²) in [6.45, 7) is 3.78. The number of hydrogen-bond donors (Lipinski definition) is 1. The molecule has 0 bridgehead atoms. The molecule has 102 valence electrons. The Morgan fingerprint density at radius 1 is 1.28 bits per heavy atom. The van der Waals surface area contributed by atoms with Crippen LogP contribution in [0.1, 0.15) is 19.4 Å². The van der Waals surface area contributed by atoms with Crippen LogP contribution < -0.4 is 4.72 Å². The van der Waals surface area contributed by atoms with Gasteiger partial charge in [0.1, 0.15) is 0 Å². The summed E-state index contributed by atoms with van der Waals surface area (Å²) >= 11 is 0. The normalized spacial score (nSPS) is 13.0. The van der Waals surface area contributed by atoms with Crippen LogP contribution in [-0.4, -0.2) is 15.0 Å². The maximum absolute atomic E-state index is 12.5. The zero-order valence-corrected chi connectivity index (χ0v) is 10.8. The first-order valence-electron chi connectivity index (χ1n) is 5.30. The summed E-state index contributed by atoms with van der Waals surface area (Å²) in [5, 5.41) is 0. The van der Waals surface area contributed by atoms with Crippen LogP contribution in [0.3, 0.4) is 0 Å². The second kappa shape index (κ2) is 5.27. The van der Waals surface area contributed by atoms with Gasteiger partial charge < -0.3 is 0 Å². The zero-order chi connectivity index (χ0) is 14.0. The zero-order valence-electron chi connectivity index (χ0n) is 9.95. The van der Waals surface area contributed by atoms with E-state index in [4.69, 9.17) is 0 Å². The van der Waals surface area contributed by atoms with Gasteiger partial charge in [-0.25, -0.2) is 13.1 Å². The molecule has 0 amide bonds. The van der Waals surface area contributed by atoms with Crippen LogP contribution in [0.2, 0.25) is 0 Å². The highest BCUT2D eigenvalue weighted by molar-refractivity contribution is 7.89. The number of benzene rings is 1. The molecule has 0 heterocycles. The van der Waals surface area contributed by atoms with Gasteiger partial charge in [0.15, 0.2) is 0 Å². The van der Waals surface area contributed by atoms with E-state index in [1.807, 2.05) is 0 Å². The average molecular weight is 281 g/mol. The standard InChI is InChI=1S/C11H14F3NO2S/c1-8(2)7-15-18(16,17)10-5-3-4-9(6-10)11(12,13)14/h3-6,8,15H,7H2,1-2H3. The Balaban J connectivity index is 3.03. The molecule has 1 rings (SSSR count). The minimum Gasteiger partial charge on any atom is -0.211 e. The lowest BCUT2D eigenvalue weighted by Gasteiger charge is -2.11. The first kappa shape index (κ1) is 15.0. The van der Waals surface area contributed by atoms with Crippen LogP contribution in [0.4, 0.5) is 13.2 Å². The van der Waals surface area contributed by atoms with Crippen LogP contribution in [-0.2, 0) is 16.2 Å². The Bertz CT molecular complexity index is 509. The van der Waals surface area contributed by atoms with Gasteiger partial charge in [-0.05, 0) is 24.1 Å². The molecule has 18 heavy (non-hydrogen) atoms. The van der Waals surface area contributed by atoms with E-state index in [2.05, 4.69) is 4.72 Å². The molecule has 3 nitrogen and oxygen atoms in total. The molecule has 0 saturated carbocycles. The molecule has 0 saturated heterocycles. The maximum Gasteiger partial charge on any atom is 0.416 e. The molecule has 1 aromatic rings. The molecule has 0 aliphatic heterocycles. The van der Waals surface area contributed by atoms with Crippen molar-refractivity contribution in [3.8, 4) is 0 Å². The molecule has 0 aromatic heterocycles. The van der Waals surface area contributed by atoms with E-state index in [1.54, 1.807) is 13.8 Å². The van der Waals surface area contributed by atoms with Crippen molar-refractivity contribution in [1.29, 1.82) is 0 Å². The molecule has 0 atom stereocenters.